The Morgan fingerprint density at radius 1 is 1.33 bits per heavy atom. The average Bonchev–Trinajstić information content (AvgIpc) is 3.31. The summed E-state index contributed by atoms with van der Waals surface area (Å²) in [7, 11) is -1.70. The molecule has 0 amide bonds. The summed E-state index contributed by atoms with van der Waals surface area (Å²) < 4.78 is 26.9. The highest BCUT2D eigenvalue weighted by Crippen LogP contribution is 2.29. The highest BCUT2D eigenvalue weighted by molar-refractivity contribution is 7.92. The number of nitrogens with one attached hydrogen (secondary N) is 2. The van der Waals surface area contributed by atoms with Crippen molar-refractivity contribution in [1.29, 1.82) is 0 Å². The molecule has 7 nitrogen and oxygen atoms in total. The van der Waals surface area contributed by atoms with E-state index in [0.29, 0.717) is 25.6 Å². The number of fused-ring (bicyclic) bond motifs is 1. The Hall–Kier alpha value is -2.13. The van der Waals surface area contributed by atoms with Crippen LogP contribution in [0.1, 0.15) is 22.4 Å². The third kappa shape index (κ3) is 4.78. The Balaban J connectivity index is 1.50. The molecule has 9 heteroatoms. The van der Waals surface area contributed by atoms with E-state index < -0.39 is 10.0 Å². The zero-order chi connectivity index (χ0) is 19.3. The number of anilines is 1. The zero-order valence-corrected chi connectivity index (χ0v) is 17.2. The van der Waals surface area contributed by atoms with Gasteiger partial charge in [-0.2, -0.15) is 0 Å². The highest BCUT2D eigenvalue weighted by atomic mass is 32.2. The maximum absolute atomic E-state index is 12.7. The normalized spacial score (nSPS) is 14.3. The lowest BCUT2D eigenvalue weighted by Crippen LogP contribution is -2.41. The van der Waals surface area contributed by atoms with E-state index in [1.807, 2.05) is 30.5 Å². The smallest absolute Gasteiger partial charge is 0.236 e. The van der Waals surface area contributed by atoms with E-state index in [0.717, 1.165) is 29.1 Å². The van der Waals surface area contributed by atoms with Gasteiger partial charge in [-0.15, -0.1) is 11.3 Å². The van der Waals surface area contributed by atoms with Crippen LogP contribution in [0.4, 0.5) is 5.69 Å². The van der Waals surface area contributed by atoms with Crippen molar-refractivity contribution in [3.05, 3.63) is 45.9 Å². The quantitative estimate of drug-likeness (QED) is 0.540. The van der Waals surface area contributed by atoms with Gasteiger partial charge in [-0.3, -0.25) is 9.30 Å². The average molecular weight is 408 g/mol. The topological polar surface area (TPSA) is 86.7 Å². The summed E-state index contributed by atoms with van der Waals surface area (Å²) >= 11 is 1.66. The van der Waals surface area contributed by atoms with Gasteiger partial charge in [-0.25, -0.2) is 13.4 Å². The number of benzene rings is 1. The van der Waals surface area contributed by atoms with Crippen LogP contribution in [0.2, 0.25) is 0 Å². The molecule has 1 aromatic carbocycles. The van der Waals surface area contributed by atoms with Crippen molar-refractivity contribution in [2.45, 2.75) is 26.3 Å². The third-order valence-corrected chi connectivity index (χ3v) is 7.33. The fraction of sp³-hybridized carbons (Fsp3) is 0.444. The van der Waals surface area contributed by atoms with Crippen molar-refractivity contribution in [3.8, 4) is 0 Å². The fourth-order valence-corrected chi connectivity index (χ4v) is 5.21. The molecule has 0 saturated heterocycles. The molecule has 1 aliphatic rings. The van der Waals surface area contributed by atoms with Gasteiger partial charge in [-0.05, 0) is 24.5 Å². The van der Waals surface area contributed by atoms with Crippen LogP contribution < -0.4 is 14.9 Å². The van der Waals surface area contributed by atoms with Crippen molar-refractivity contribution in [2.75, 3.05) is 30.2 Å². The summed E-state index contributed by atoms with van der Waals surface area (Å²) in [5.41, 5.74) is 1.89. The summed E-state index contributed by atoms with van der Waals surface area (Å²) in [6.45, 7) is 3.47. The molecule has 2 N–H and O–H groups in total. The number of thiazole rings is 1. The SMILES string of the molecule is CCc1cnc(CNC(=NC)NCCS(=O)(=O)N2CCc3ccccc32)s1. The van der Waals surface area contributed by atoms with Gasteiger partial charge in [0.05, 0.1) is 18.0 Å². The number of aryl methyl sites for hydroxylation is 1. The predicted octanol–water partition coefficient (Wildman–Crippen LogP) is 1.76. The van der Waals surface area contributed by atoms with Crippen LogP contribution >= 0.6 is 11.3 Å². The molecule has 0 spiro atoms. The number of aromatic nitrogens is 1. The fourth-order valence-electron chi connectivity index (χ4n) is 2.98. The molecule has 0 unspecified atom stereocenters. The largest absolute Gasteiger partial charge is 0.355 e. The second kappa shape index (κ2) is 8.71. The number of hydrogen-bond acceptors (Lipinski definition) is 5. The van der Waals surface area contributed by atoms with Gasteiger partial charge in [0.15, 0.2) is 5.96 Å². The molecular weight excluding hydrogens is 382 g/mol. The van der Waals surface area contributed by atoms with Crippen LogP contribution in [0.15, 0.2) is 35.5 Å². The van der Waals surface area contributed by atoms with E-state index in [-0.39, 0.29) is 5.75 Å². The van der Waals surface area contributed by atoms with Crippen LogP contribution in [0.3, 0.4) is 0 Å². The Labute approximate surface area is 164 Å². The van der Waals surface area contributed by atoms with Crippen LogP contribution in [-0.2, 0) is 29.4 Å². The van der Waals surface area contributed by atoms with Crippen molar-refractivity contribution < 1.29 is 8.42 Å². The molecule has 3 rings (SSSR count). The Bertz CT molecular complexity index is 908. The minimum atomic E-state index is -3.37. The molecule has 2 heterocycles. The Kier molecular flexibility index (Phi) is 6.33. The number of nitrogens with zero attached hydrogens (tertiary/aromatic N) is 3. The predicted molar refractivity (Wildman–Crippen MR) is 111 cm³/mol. The van der Waals surface area contributed by atoms with Crippen LogP contribution in [0.25, 0.3) is 0 Å². The van der Waals surface area contributed by atoms with Gasteiger partial charge in [0.1, 0.15) is 5.01 Å². The second-order valence-electron chi connectivity index (χ2n) is 6.19. The number of rotatable bonds is 7. The van der Waals surface area contributed by atoms with Crippen molar-refractivity contribution in [3.63, 3.8) is 0 Å². The summed E-state index contributed by atoms with van der Waals surface area (Å²) in [6.07, 6.45) is 3.63. The molecule has 1 aromatic heterocycles. The van der Waals surface area contributed by atoms with E-state index >= 15 is 0 Å². The maximum atomic E-state index is 12.7. The molecule has 0 aliphatic carbocycles. The summed E-state index contributed by atoms with van der Waals surface area (Å²) in [5.74, 6) is 0.583. The minimum absolute atomic E-state index is 0.0132. The summed E-state index contributed by atoms with van der Waals surface area (Å²) in [4.78, 5) is 9.75. The molecule has 0 radical (unpaired) electrons. The lowest BCUT2D eigenvalue weighted by atomic mass is 10.2. The lowest BCUT2D eigenvalue weighted by Gasteiger charge is -2.20. The molecule has 2 aromatic rings. The number of aliphatic imine (C=N–C) groups is 1. The first kappa shape index (κ1) is 19.6. The molecular formula is C18H25N5O2S2. The van der Waals surface area contributed by atoms with E-state index in [9.17, 15) is 8.42 Å². The molecule has 0 bridgehead atoms. The van der Waals surface area contributed by atoms with E-state index in [2.05, 4.69) is 27.5 Å². The molecule has 146 valence electrons. The summed E-state index contributed by atoms with van der Waals surface area (Å²) in [6, 6.07) is 7.67. The maximum Gasteiger partial charge on any atom is 0.236 e. The van der Waals surface area contributed by atoms with Crippen LogP contribution in [-0.4, -0.2) is 45.3 Å². The number of para-hydroxylation sites is 1. The lowest BCUT2D eigenvalue weighted by molar-refractivity contribution is 0.591. The van der Waals surface area contributed by atoms with Gasteiger partial charge in [0.2, 0.25) is 10.0 Å². The second-order valence-corrected chi connectivity index (χ2v) is 9.41. The van der Waals surface area contributed by atoms with Crippen molar-refractivity contribution in [1.82, 2.24) is 15.6 Å². The first-order valence-corrected chi connectivity index (χ1v) is 11.4. The van der Waals surface area contributed by atoms with Crippen LogP contribution in [0, 0.1) is 0 Å². The van der Waals surface area contributed by atoms with Crippen molar-refractivity contribution in [2.24, 2.45) is 4.99 Å². The van der Waals surface area contributed by atoms with E-state index in [1.165, 1.54) is 9.18 Å². The Morgan fingerprint density at radius 3 is 2.89 bits per heavy atom. The summed E-state index contributed by atoms with van der Waals surface area (Å²) in [5, 5.41) is 7.23. The molecule has 27 heavy (non-hydrogen) atoms. The first-order valence-electron chi connectivity index (χ1n) is 9.00. The van der Waals surface area contributed by atoms with E-state index in [1.54, 1.807) is 18.4 Å². The highest BCUT2D eigenvalue weighted by Gasteiger charge is 2.28. The van der Waals surface area contributed by atoms with Gasteiger partial charge >= 0.3 is 0 Å². The zero-order valence-electron chi connectivity index (χ0n) is 15.6. The molecule has 0 atom stereocenters. The third-order valence-electron chi connectivity index (χ3n) is 4.41. The Morgan fingerprint density at radius 2 is 2.15 bits per heavy atom. The van der Waals surface area contributed by atoms with Crippen LogP contribution in [0.5, 0.6) is 0 Å². The number of guanidine groups is 1. The molecule has 0 fully saturated rings. The van der Waals surface area contributed by atoms with E-state index in [4.69, 9.17) is 0 Å². The number of sulfonamides is 1. The standard InChI is InChI=1S/C18H25N5O2S2/c1-3-15-12-21-17(26-15)13-22-18(19-2)20-9-11-27(24,25)23-10-8-14-6-4-5-7-16(14)23/h4-7,12H,3,8-11,13H2,1-2H3,(H2,19,20,22). The monoisotopic (exact) mass is 407 g/mol. The molecule has 0 saturated carbocycles. The first-order chi connectivity index (χ1) is 13.0. The van der Waals surface area contributed by atoms with Crippen molar-refractivity contribution >= 4 is 33.0 Å². The van der Waals surface area contributed by atoms with Gasteiger partial charge in [-0.1, -0.05) is 25.1 Å². The molecule has 1 aliphatic heterocycles. The van der Waals surface area contributed by atoms with Gasteiger partial charge in [0.25, 0.3) is 0 Å². The van der Waals surface area contributed by atoms with Gasteiger partial charge < -0.3 is 10.6 Å². The minimum Gasteiger partial charge on any atom is -0.355 e. The van der Waals surface area contributed by atoms with Gasteiger partial charge in [0, 0.05) is 31.2 Å². The number of hydrogen-bond donors (Lipinski definition) is 2.